The molecule has 198 valence electrons. The molecule has 38 heavy (non-hydrogen) atoms. The number of morpholine rings is 1. The monoisotopic (exact) mass is 511 g/mol. The summed E-state index contributed by atoms with van der Waals surface area (Å²) >= 11 is 0. The maximum Gasteiger partial charge on any atom is 0.137 e. The van der Waals surface area contributed by atoms with Crippen LogP contribution in [0.5, 0.6) is 0 Å². The molecule has 0 spiro atoms. The van der Waals surface area contributed by atoms with Crippen LogP contribution in [-0.4, -0.2) is 74.6 Å². The summed E-state index contributed by atoms with van der Waals surface area (Å²) in [6.45, 7) is 11.9. The second-order valence-electron chi connectivity index (χ2n) is 11.3. The lowest BCUT2D eigenvalue weighted by Crippen LogP contribution is -2.43. The molecule has 4 aromatic rings. The lowest BCUT2D eigenvalue weighted by atomic mass is 10.0. The lowest BCUT2D eigenvalue weighted by Gasteiger charge is -2.35. The normalized spacial score (nSPS) is 22.6. The number of anilines is 1. The first-order chi connectivity index (χ1) is 18.6. The van der Waals surface area contributed by atoms with Crippen LogP contribution >= 0.6 is 0 Å². The van der Waals surface area contributed by atoms with Crippen LogP contribution in [0.25, 0.3) is 33.4 Å². The van der Waals surface area contributed by atoms with Crippen LogP contribution in [0.2, 0.25) is 0 Å². The minimum Gasteiger partial charge on any atom is -0.371 e. The second-order valence-corrected chi connectivity index (χ2v) is 11.3. The molecule has 8 heteroatoms. The van der Waals surface area contributed by atoms with E-state index in [9.17, 15) is 0 Å². The van der Waals surface area contributed by atoms with E-state index in [2.05, 4.69) is 64.8 Å². The van der Waals surface area contributed by atoms with Gasteiger partial charge in [0.25, 0.3) is 0 Å². The summed E-state index contributed by atoms with van der Waals surface area (Å²) in [6.07, 6.45) is 13.6. The summed E-state index contributed by atoms with van der Waals surface area (Å²) in [5, 5.41) is 5.87. The Bertz CT molecular complexity index is 1430. The number of aryl methyl sites for hydroxylation is 2. The molecule has 0 amide bonds. The number of ether oxygens (including phenoxy) is 1. The van der Waals surface area contributed by atoms with Crippen LogP contribution in [0.4, 0.5) is 5.69 Å². The van der Waals surface area contributed by atoms with E-state index >= 15 is 0 Å². The third-order valence-corrected chi connectivity index (χ3v) is 8.84. The molecule has 2 bridgehead atoms. The minimum atomic E-state index is 0.361. The summed E-state index contributed by atoms with van der Waals surface area (Å²) in [5.74, 6) is 0. The van der Waals surface area contributed by atoms with Crippen molar-refractivity contribution >= 4 is 16.7 Å². The number of hydrogen-bond acceptors (Lipinski definition) is 6. The highest BCUT2D eigenvalue weighted by atomic mass is 16.5. The number of hydrogen-bond donors (Lipinski definition) is 1. The number of nitrogens with zero attached hydrogens (tertiary/aromatic N) is 6. The Labute approximate surface area is 224 Å². The number of fused-ring (bicyclic) bond motifs is 3. The number of aromatic amines is 1. The van der Waals surface area contributed by atoms with Crippen molar-refractivity contribution in [3.05, 3.63) is 48.2 Å². The van der Waals surface area contributed by atoms with Gasteiger partial charge < -0.3 is 19.5 Å². The molecule has 3 fully saturated rings. The molecule has 0 saturated carbocycles. The first-order valence-corrected chi connectivity index (χ1v) is 14.2. The van der Waals surface area contributed by atoms with E-state index in [1.54, 1.807) is 0 Å². The lowest BCUT2D eigenvalue weighted by molar-refractivity contribution is 0.0304. The Morgan fingerprint density at radius 1 is 1.00 bits per heavy atom. The van der Waals surface area contributed by atoms with Crippen molar-refractivity contribution in [3.8, 4) is 22.4 Å². The maximum absolute atomic E-state index is 6.07. The largest absolute Gasteiger partial charge is 0.371 e. The number of nitrogens with one attached hydrogen (secondary N) is 1. The average molecular weight is 512 g/mol. The van der Waals surface area contributed by atoms with E-state index in [0.717, 1.165) is 84.7 Å². The zero-order valence-electron chi connectivity index (χ0n) is 22.7. The molecule has 0 aromatic carbocycles. The molecule has 3 saturated heterocycles. The predicted molar refractivity (Wildman–Crippen MR) is 151 cm³/mol. The first-order valence-electron chi connectivity index (χ1n) is 14.2. The van der Waals surface area contributed by atoms with E-state index in [4.69, 9.17) is 19.8 Å². The Morgan fingerprint density at radius 2 is 1.79 bits per heavy atom. The third kappa shape index (κ3) is 4.20. The molecular weight excluding hydrogens is 474 g/mol. The van der Waals surface area contributed by atoms with Gasteiger partial charge in [0.05, 0.1) is 41.5 Å². The summed E-state index contributed by atoms with van der Waals surface area (Å²) in [6, 6.07) is 4.91. The van der Waals surface area contributed by atoms with Gasteiger partial charge in [-0.15, -0.1) is 0 Å². The number of H-pyrrole nitrogens is 1. The summed E-state index contributed by atoms with van der Waals surface area (Å²) in [4.78, 5) is 18.2. The van der Waals surface area contributed by atoms with Crippen LogP contribution in [0.3, 0.4) is 0 Å². The van der Waals surface area contributed by atoms with E-state index in [0.29, 0.717) is 18.2 Å². The summed E-state index contributed by atoms with van der Waals surface area (Å²) in [7, 11) is 0. The molecule has 8 nitrogen and oxygen atoms in total. The van der Waals surface area contributed by atoms with Crippen molar-refractivity contribution in [1.82, 2.24) is 29.6 Å². The highest BCUT2D eigenvalue weighted by Crippen LogP contribution is 2.36. The molecule has 0 aliphatic carbocycles. The summed E-state index contributed by atoms with van der Waals surface area (Å²) in [5.41, 5.74) is 8.78. The highest BCUT2D eigenvalue weighted by molar-refractivity contribution is 5.95. The zero-order chi connectivity index (χ0) is 25.8. The van der Waals surface area contributed by atoms with Gasteiger partial charge in [0, 0.05) is 66.8 Å². The number of likely N-dealkylation sites (tertiary alicyclic amines) is 1. The third-order valence-electron chi connectivity index (χ3n) is 8.84. The van der Waals surface area contributed by atoms with Crippen LogP contribution in [-0.2, 0) is 4.74 Å². The van der Waals surface area contributed by atoms with Gasteiger partial charge in [0.15, 0.2) is 0 Å². The molecule has 4 aromatic heterocycles. The molecule has 7 rings (SSSR count). The molecule has 2 atom stereocenters. The fourth-order valence-corrected chi connectivity index (χ4v) is 6.81. The number of aromatic nitrogens is 5. The Hall–Kier alpha value is -3.23. The SMILES string of the molecule is CCN1CCC(n2cc(-c3c[nH]c4ncc(-c5cc(C)c(N6CC7CCC(C6)O7)c(C)n5)cc34)cn2)CC1. The van der Waals surface area contributed by atoms with Gasteiger partial charge in [0.2, 0.25) is 0 Å². The van der Waals surface area contributed by atoms with E-state index < -0.39 is 0 Å². The smallest absolute Gasteiger partial charge is 0.137 e. The average Bonchev–Trinajstić information content (AvgIpc) is 3.66. The molecule has 1 N–H and O–H groups in total. The van der Waals surface area contributed by atoms with Crippen molar-refractivity contribution in [2.24, 2.45) is 0 Å². The second kappa shape index (κ2) is 9.50. The molecule has 2 unspecified atom stereocenters. The standard InChI is InChI=1S/C30H37N7O/c1-4-35-9-7-23(8-10-35)37-16-22(14-33-37)27-15-32-30-26(27)12-21(13-31-30)28-11-19(2)29(20(3)34-28)36-17-24-5-6-25(18-36)38-24/h11-16,23-25H,4-10,17-18H2,1-3H3,(H,31,32). The van der Waals surface area contributed by atoms with E-state index in [1.165, 1.54) is 24.1 Å². The fourth-order valence-electron chi connectivity index (χ4n) is 6.81. The number of rotatable bonds is 5. The quantitative estimate of drug-likeness (QED) is 0.400. The van der Waals surface area contributed by atoms with Crippen molar-refractivity contribution in [3.63, 3.8) is 0 Å². The van der Waals surface area contributed by atoms with Crippen LogP contribution in [0.1, 0.15) is 49.9 Å². The van der Waals surface area contributed by atoms with E-state index in [-0.39, 0.29) is 0 Å². The minimum absolute atomic E-state index is 0.361. The zero-order valence-corrected chi connectivity index (χ0v) is 22.7. The molecule has 3 aliphatic rings. The maximum atomic E-state index is 6.07. The molecule has 0 radical (unpaired) electrons. The number of piperidine rings is 1. The van der Waals surface area contributed by atoms with Gasteiger partial charge in [-0.1, -0.05) is 6.92 Å². The predicted octanol–water partition coefficient (Wildman–Crippen LogP) is 5.13. The molecular formula is C30H37N7O. The van der Waals surface area contributed by atoms with Gasteiger partial charge in [-0.25, -0.2) is 4.98 Å². The van der Waals surface area contributed by atoms with Gasteiger partial charge in [-0.05, 0) is 63.8 Å². The fraction of sp³-hybridized carbons (Fsp3) is 0.500. The Kier molecular flexibility index (Phi) is 5.97. The van der Waals surface area contributed by atoms with Gasteiger partial charge >= 0.3 is 0 Å². The summed E-state index contributed by atoms with van der Waals surface area (Å²) < 4.78 is 8.24. The van der Waals surface area contributed by atoms with Crippen molar-refractivity contribution in [2.75, 3.05) is 37.6 Å². The van der Waals surface area contributed by atoms with Crippen LogP contribution < -0.4 is 4.90 Å². The van der Waals surface area contributed by atoms with E-state index in [1.807, 2.05) is 12.4 Å². The van der Waals surface area contributed by atoms with Gasteiger partial charge in [-0.3, -0.25) is 9.67 Å². The van der Waals surface area contributed by atoms with Crippen LogP contribution in [0.15, 0.2) is 36.9 Å². The molecule has 3 aliphatic heterocycles. The Morgan fingerprint density at radius 3 is 2.53 bits per heavy atom. The first kappa shape index (κ1) is 23.9. The van der Waals surface area contributed by atoms with Crippen molar-refractivity contribution in [1.29, 1.82) is 0 Å². The van der Waals surface area contributed by atoms with Gasteiger partial charge in [0.1, 0.15) is 5.65 Å². The van der Waals surface area contributed by atoms with Crippen molar-refractivity contribution < 1.29 is 4.74 Å². The Balaban J connectivity index is 1.17. The number of pyridine rings is 2. The van der Waals surface area contributed by atoms with Crippen LogP contribution in [0, 0.1) is 13.8 Å². The molecule has 7 heterocycles. The highest BCUT2D eigenvalue weighted by Gasteiger charge is 2.35. The van der Waals surface area contributed by atoms with Crippen molar-refractivity contribution in [2.45, 2.75) is 64.7 Å². The van der Waals surface area contributed by atoms with Gasteiger partial charge in [-0.2, -0.15) is 5.10 Å². The topological polar surface area (TPSA) is 75.1 Å².